The second kappa shape index (κ2) is 6.57. The van der Waals surface area contributed by atoms with E-state index in [1.54, 1.807) is 21.6 Å². The molecule has 0 N–H and O–H groups in total. The predicted octanol–water partition coefficient (Wildman–Crippen LogP) is 1.47. The van der Waals surface area contributed by atoms with Crippen LogP contribution in [0.15, 0.2) is 0 Å². The van der Waals surface area contributed by atoms with Crippen LogP contribution in [-0.2, 0) is 18.0 Å². The van der Waals surface area contributed by atoms with Crippen molar-refractivity contribution < 1.29 is 18.0 Å². The maximum absolute atomic E-state index is 5.64. The van der Waals surface area contributed by atoms with Crippen LogP contribution in [0.1, 0.15) is 0 Å². The maximum atomic E-state index is 5.64. The smallest absolute Gasteiger partial charge is 0.136 e. The first kappa shape index (κ1) is 14.5. The fourth-order valence-electron chi connectivity index (χ4n) is 1.72. The van der Waals surface area contributed by atoms with Crippen LogP contribution in [0.25, 0.3) is 0 Å². The van der Waals surface area contributed by atoms with Crippen molar-refractivity contribution in [3.8, 4) is 0 Å². The van der Waals surface area contributed by atoms with E-state index in [2.05, 4.69) is 0 Å². The molecule has 0 spiro atoms. The molecule has 20 heavy (non-hydrogen) atoms. The van der Waals surface area contributed by atoms with Crippen LogP contribution in [0, 0.1) is 0 Å². The fourth-order valence-corrected chi connectivity index (χ4v) is 8.58. The Morgan fingerprint density at radius 3 is 1.35 bits per heavy atom. The third-order valence-electron chi connectivity index (χ3n) is 3.05. The first-order valence-electron chi connectivity index (χ1n) is 6.49. The van der Waals surface area contributed by atoms with E-state index in [1.165, 1.54) is 8.64 Å². The monoisotopic (exact) mass is 356 g/mol. The van der Waals surface area contributed by atoms with E-state index in [0.717, 1.165) is 51.0 Å². The second-order valence-electron chi connectivity index (χ2n) is 4.31. The van der Waals surface area contributed by atoms with Gasteiger partial charge in [-0.2, -0.15) is 0 Å². The second-order valence-corrected chi connectivity index (χ2v) is 10.4. The van der Waals surface area contributed by atoms with Crippen molar-refractivity contribution >= 4 is 51.8 Å². The minimum atomic E-state index is -0.0744. The summed E-state index contributed by atoms with van der Waals surface area (Å²) in [5.74, 6) is 2.22. The highest BCUT2D eigenvalue weighted by Crippen LogP contribution is 2.43. The Morgan fingerprint density at radius 1 is 0.750 bits per heavy atom. The molecular formula is C10H16N2O4S4. The lowest BCUT2D eigenvalue weighted by atomic mass is 10.6. The van der Waals surface area contributed by atoms with E-state index in [0.29, 0.717) is 0 Å². The Labute approximate surface area is 131 Å². The molecule has 2 unspecified atom stereocenters. The number of hydroxylamine groups is 4. The number of nitrogens with zero attached hydrogens (tertiary/aromatic N) is 2. The zero-order valence-electron chi connectivity index (χ0n) is 10.8. The van der Waals surface area contributed by atoms with E-state index in [4.69, 9.17) is 18.0 Å². The summed E-state index contributed by atoms with van der Waals surface area (Å²) in [6.45, 7) is 5.29. The molecule has 2 atom stereocenters. The topological polar surface area (TPSA) is 43.4 Å². The lowest BCUT2D eigenvalue weighted by Gasteiger charge is -2.37. The van der Waals surface area contributed by atoms with Gasteiger partial charge in [-0.3, -0.25) is 9.68 Å². The van der Waals surface area contributed by atoms with Gasteiger partial charge in [-0.15, -0.1) is 10.1 Å². The van der Waals surface area contributed by atoms with E-state index in [9.17, 15) is 0 Å². The molecular weight excluding hydrogens is 340 g/mol. The lowest BCUT2D eigenvalue weighted by Crippen LogP contribution is -2.45. The van der Waals surface area contributed by atoms with Crippen molar-refractivity contribution in [3.63, 3.8) is 0 Å². The van der Waals surface area contributed by atoms with Crippen LogP contribution in [-0.4, -0.2) is 69.8 Å². The van der Waals surface area contributed by atoms with Crippen molar-refractivity contribution in [2.75, 3.05) is 51.0 Å². The van der Waals surface area contributed by atoms with Crippen LogP contribution in [0.2, 0.25) is 0 Å². The Balaban J connectivity index is 1.44. The van der Waals surface area contributed by atoms with Crippen LogP contribution in [0.3, 0.4) is 0 Å². The summed E-state index contributed by atoms with van der Waals surface area (Å²) in [6, 6.07) is 0. The minimum Gasteiger partial charge on any atom is -0.320 e. The minimum absolute atomic E-state index is 0.0744. The molecule has 0 aliphatic carbocycles. The molecule has 0 radical (unpaired) electrons. The summed E-state index contributed by atoms with van der Waals surface area (Å²) in [4.78, 5) is 11.0. The summed E-state index contributed by atoms with van der Waals surface area (Å²) in [7, 11) is 3.34. The quantitative estimate of drug-likeness (QED) is 0.477. The molecule has 4 fully saturated rings. The van der Waals surface area contributed by atoms with Crippen LogP contribution in [0.4, 0.5) is 0 Å². The average Bonchev–Trinajstić information content (AvgIpc) is 2.14. The van der Waals surface area contributed by atoms with Gasteiger partial charge in [0.1, 0.15) is 8.64 Å². The largest absolute Gasteiger partial charge is 0.320 e. The molecule has 0 amide bonds. The summed E-state index contributed by atoms with van der Waals surface area (Å²) in [6.07, 6.45) is 0. The van der Waals surface area contributed by atoms with Gasteiger partial charge in [-0.25, -0.2) is 0 Å². The number of rotatable bonds is 0. The van der Waals surface area contributed by atoms with Gasteiger partial charge < -0.3 is 8.37 Å². The first-order chi connectivity index (χ1) is 9.92. The molecule has 0 bridgehead atoms. The Hall–Kier alpha value is 0.900. The van der Waals surface area contributed by atoms with Gasteiger partial charge in [-0.1, -0.05) is 0 Å². The normalized spacial score (nSPS) is 35.4. The molecule has 10 heteroatoms. The fraction of sp³-hybridized carbons (Fsp3) is 0.800. The molecule has 114 valence electrons. The SMILES string of the molecule is C1CN(/C(SS/C(N2CCO2)=S2\CCO2)=S2/CCO2)O1. The van der Waals surface area contributed by atoms with Crippen LogP contribution in [0.5, 0.6) is 0 Å². The van der Waals surface area contributed by atoms with Crippen LogP contribution >= 0.6 is 43.1 Å². The van der Waals surface area contributed by atoms with Crippen molar-refractivity contribution in [1.82, 2.24) is 10.1 Å². The summed E-state index contributed by atoms with van der Waals surface area (Å²) < 4.78 is 13.7. The molecule has 4 aliphatic heterocycles. The standard InChI is InChI=1S/C10H16N2O4S4/c1-3-13-11(1)9(19-7-5-15-19)17-18-10(12-2-4-14-12)20-8-6-16-20/h1-8H2. The van der Waals surface area contributed by atoms with Crippen molar-refractivity contribution in [2.45, 2.75) is 0 Å². The van der Waals surface area contributed by atoms with Gasteiger partial charge >= 0.3 is 0 Å². The summed E-state index contributed by atoms with van der Waals surface area (Å²) >= 11 is 0. The van der Waals surface area contributed by atoms with Gasteiger partial charge in [0, 0.05) is 11.5 Å². The molecule has 0 aromatic heterocycles. The molecule has 0 aromatic carbocycles. The molecule has 4 heterocycles. The summed E-state index contributed by atoms with van der Waals surface area (Å²) in [5.41, 5.74) is 0. The Bertz CT molecular complexity index is 410. The number of hydrogen-bond acceptors (Lipinski definition) is 6. The van der Waals surface area contributed by atoms with Crippen molar-refractivity contribution in [1.29, 1.82) is 0 Å². The van der Waals surface area contributed by atoms with Crippen molar-refractivity contribution in [2.24, 2.45) is 0 Å². The van der Waals surface area contributed by atoms with E-state index < -0.39 is 0 Å². The lowest BCUT2D eigenvalue weighted by molar-refractivity contribution is -0.186. The Morgan fingerprint density at radius 2 is 1.15 bits per heavy atom. The Kier molecular flexibility index (Phi) is 4.76. The zero-order valence-corrected chi connectivity index (χ0v) is 14.1. The van der Waals surface area contributed by atoms with Gasteiger partial charge in [0.2, 0.25) is 0 Å². The van der Waals surface area contributed by atoms with Crippen LogP contribution < -0.4 is 0 Å². The average molecular weight is 357 g/mol. The molecule has 4 saturated heterocycles. The van der Waals surface area contributed by atoms with Gasteiger partial charge in [0.15, 0.2) is 0 Å². The highest BCUT2D eigenvalue weighted by molar-refractivity contribution is 8.90. The van der Waals surface area contributed by atoms with Gasteiger partial charge in [0.05, 0.1) is 39.5 Å². The highest BCUT2D eigenvalue weighted by Gasteiger charge is 2.31. The summed E-state index contributed by atoms with van der Waals surface area (Å²) in [5, 5.41) is 3.94. The zero-order chi connectivity index (χ0) is 13.4. The predicted molar refractivity (Wildman–Crippen MR) is 87.3 cm³/mol. The third kappa shape index (κ3) is 2.87. The molecule has 4 rings (SSSR count). The molecule has 4 aliphatic rings. The molecule has 0 saturated carbocycles. The first-order valence-corrected chi connectivity index (χ1v) is 11.3. The third-order valence-corrected chi connectivity index (χ3v) is 10.4. The number of hydrogen-bond donors (Lipinski definition) is 0. The molecule has 0 aromatic rings. The molecule has 6 nitrogen and oxygen atoms in total. The van der Waals surface area contributed by atoms with Crippen molar-refractivity contribution in [3.05, 3.63) is 0 Å². The highest BCUT2D eigenvalue weighted by atomic mass is 33.1. The maximum Gasteiger partial charge on any atom is 0.136 e. The van der Waals surface area contributed by atoms with E-state index >= 15 is 0 Å². The van der Waals surface area contributed by atoms with Gasteiger partial charge in [-0.05, 0) is 43.1 Å². The van der Waals surface area contributed by atoms with Gasteiger partial charge in [0.25, 0.3) is 0 Å². The van der Waals surface area contributed by atoms with E-state index in [-0.39, 0.29) is 21.5 Å². The van der Waals surface area contributed by atoms with E-state index in [1.807, 2.05) is 10.1 Å².